The highest BCUT2D eigenvalue weighted by molar-refractivity contribution is 5.94. The van der Waals surface area contributed by atoms with E-state index in [9.17, 15) is 19.7 Å². The molecule has 0 saturated carbocycles. The van der Waals surface area contributed by atoms with Crippen LogP contribution in [0.1, 0.15) is 30.4 Å². The SMILES string of the molecule is CC(C)n1nccc1NC(=O)COC(=O)c1ccc(-c2ccc([N+](=O)[O-])cc2)o1. The average molecular weight is 398 g/mol. The topological polar surface area (TPSA) is 130 Å². The summed E-state index contributed by atoms with van der Waals surface area (Å²) in [6.07, 6.45) is 1.56. The van der Waals surface area contributed by atoms with Crippen molar-refractivity contribution in [3.8, 4) is 11.3 Å². The molecular weight excluding hydrogens is 380 g/mol. The zero-order valence-corrected chi connectivity index (χ0v) is 15.7. The summed E-state index contributed by atoms with van der Waals surface area (Å²) in [5, 5.41) is 17.4. The van der Waals surface area contributed by atoms with Gasteiger partial charge in [-0.25, -0.2) is 9.48 Å². The summed E-state index contributed by atoms with van der Waals surface area (Å²) < 4.78 is 12.0. The van der Waals surface area contributed by atoms with E-state index in [1.165, 1.54) is 30.3 Å². The van der Waals surface area contributed by atoms with Crippen molar-refractivity contribution in [3.05, 3.63) is 64.5 Å². The molecule has 10 heteroatoms. The number of non-ortho nitro benzene ring substituents is 1. The van der Waals surface area contributed by atoms with E-state index in [4.69, 9.17) is 9.15 Å². The fourth-order valence-electron chi connectivity index (χ4n) is 2.56. The third-order valence-corrected chi connectivity index (χ3v) is 3.93. The lowest BCUT2D eigenvalue weighted by molar-refractivity contribution is -0.384. The molecule has 1 N–H and O–H groups in total. The first kappa shape index (κ1) is 19.8. The monoisotopic (exact) mass is 398 g/mol. The minimum atomic E-state index is -0.800. The molecule has 0 aliphatic carbocycles. The summed E-state index contributed by atoms with van der Waals surface area (Å²) in [6, 6.07) is 10.3. The Morgan fingerprint density at radius 3 is 2.59 bits per heavy atom. The lowest BCUT2D eigenvalue weighted by Crippen LogP contribution is -2.22. The van der Waals surface area contributed by atoms with E-state index < -0.39 is 23.4 Å². The fourth-order valence-corrected chi connectivity index (χ4v) is 2.56. The number of benzene rings is 1. The van der Waals surface area contributed by atoms with Gasteiger partial charge >= 0.3 is 5.97 Å². The molecule has 29 heavy (non-hydrogen) atoms. The van der Waals surface area contributed by atoms with Crippen LogP contribution >= 0.6 is 0 Å². The zero-order chi connectivity index (χ0) is 21.0. The van der Waals surface area contributed by atoms with Crippen LogP contribution in [0.25, 0.3) is 11.3 Å². The number of carbonyl (C=O) groups excluding carboxylic acids is 2. The lowest BCUT2D eigenvalue weighted by atomic mass is 10.1. The number of amides is 1. The Kier molecular flexibility index (Phi) is 5.72. The Balaban J connectivity index is 1.58. The van der Waals surface area contributed by atoms with Crippen molar-refractivity contribution in [2.75, 3.05) is 11.9 Å². The molecule has 0 radical (unpaired) electrons. The van der Waals surface area contributed by atoms with Crippen molar-refractivity contribution in [1.29, 1.82) is 0 Å². The average Bonchev–Trinajstić information content (AvgIpc) is 3.36. The summed E-state index contributed by atoms with van der Waals surface area (Å²) in [5.74, 6) is -0.552. The van der Waals surface area contributed by atoms with E-state index in [-0.39, 0.29) is 17.5 Å². The van der Waals surface area contributed by atoms with Crippen LogP contribution in [0.5, 0.6) is 0 Å². The van der Waals surface area contributed by atoms with Crippen LogP contribution < -0.4 is 5.32 Å². The quantitative estimate of drug-likeness (QED) is 0.366. The molecule has 3 aromatic rings. The van der Waals surface area contributed by atoms with Gasteiger partial charge in [-0.15, -0.1) is 0 Å². The maximum Gasteiger partial charge on any atom is 0.374 e. The molecule has 0 bridgehead atoms. The molecule has 1 aromatic carbocycles. The summed E-state index contributed by atoms with van der Waals surface area (Å²) in [7, 11) is 0. The zero-order valence-electron chi connectivity index (χ0n) is 15.7. The van der Waals surface area contributed by atoms with Crippen molar-refractivity contribution >= 4 is 23.4 Å². The first-order valence-electron chi connectivity index (χ1n) is 8.70. The van der Waals surface area contributed by atoms with Crippen molar-refractivity contribution in [1.82, 2.24) is 9.78 Å². The summed E-state index contributed by atoms with van der Waals surface area (Å²) >= 11 is 0. The minimum Gasteiger partial charge on any atom is -0.450 e. The number of hydrogen-bond donors (Lipinski definition) is 1. The molecule has 0 atom stereocenters. The molecule has 0 aliphatic rings. The van der Waals surface area contributed by atoms with Crippen LogP contribution in [0, 0.1) is 10.1 Å². The van der Waals surface area contributed by atoms with Crippen molar-refractivity contribution < 1.29 is 23.7 Å². The number of nitro groups is 1. The van der Waals surface area contributed by atoms with Crippen LogP contribution in [0.15, 0.2) is 53.1 Å². The third-order valence-electron chi connectivity index (χ3n) is 3.93. The van der Waals surface area contributed by atoms with Gasteiger partial charge in [-0.05, 0) is 38.1 Å². The predicted molar refractivity (Wildman–Crippen MR) is 102 cm³/mol. The number of nitrogens with zero attached hydrogens (tertiary/aromatic N) is 3. The molecule has 2 aromatic heterocycles. The fraction of sp³-hybridized carbons (Fsp3) is 0.211. The number of nitrogens with one attached hydrogen (secondary N) is 1. The highest BCUT2D eigenvalue weighted by atomic mass is 16.6. The van der Waals surface area contributed by atoms with Gasteiger partial charge in [0.05, 0.1) is 11.1 Å². The Labute approximate surface area is 165 Å². The van der Waals surface area contributed by atoms with E-state index in [1.54, 1.807) is 23.0 Å². The highest BCUT2D eigenvalue weighted by Gasteiger charge is 2.17. The second-order valence-electron chi connectivity index (χ2n) is 6.35. The van der Waals surface area contributed by atoms with Crippen LogP contribution in [0.3, 0.4) is 0 Å². The van der Waals surface area contributed by atoms with E-state index in [1.807, 2.05) is 13.8 Å². The van der Waals surface area contributed by atoms with Gasteiger partial charge in [-0.2, -0.15) is 5.10 Å². The van der Waals surface area contributed by atoms with Gasteiger partial charge in [0.15, 0.2) is 6.61 Å². The first-order valence-corrected chi connectivity index (χ1v) is 8.70. The Bertz CT molecular complexity index is 1040. The third kappa shape index (κ3) is 4.67. The van der Waals surface area contributed by atoms with Crippen LogP contribution in [0.4, 0.5) is 11.5 Å². The molecule has 3 rings (SSSR count). The number of hydrogen-bond acceptors (Lipinski definition) is 7. The normalized spacial score (nSPS) is 10.7. The van der Waals surface area contributed by atoms with E-state index >= 15 is 0 Å². The number of aromatic nitrogens is 2. The summed E-state index contributed by atoms with van der Waals surface area (Å²) in [5.41, 5.74) is 0.513. The molecule has 0 spiro atoms. The van der Waals surface area contributed by atoms with Gasteiger partial charge in [0, 0.05) is 29.8 Å². The second-order valence-corrected chi connectivity index (χ2v) is 6.35. The van der Waals surface area contributed by atoms with E-state index in [0.717, 1.165) is 0 Å². The number of ether oxygens (including phenoxy) is 1. The van der Waals surface area contributed by atoms with Gasteiger partial charge in [-0.1, -0.05) is 0 Å². The standard InChI is InChI=1S/C19H18N4O6/c1-12(2)22-17(9-10-20-22)21-18(24)11-28-19(25)16-8-7-15(29-16)13-3-5-14(6-4-13)23(26)27/h3-10,12H,11H2,1-2H3,(H,21,24). The first-order chi connectivity index (χ1) is 13.8. The van der Waals surface area contributed by atoms with Gasteiger partial charge in [0.1, 0.15) is 11.6 Å². The smallest absolute Gasteiger partial charge is 0.374 e. The largest absolute Gasteiger partial charge is 0.450 e. The van der Waals surface area contributed by atoms with Crippen molar-refractivity contribution in [3.63, 3.8) is 0 Å². The van der Waals surface area contributed by atoms with Crippen molar-refractivity contribution in [2.24, 2.45) is 0 Å². The predicted octanol–water partition coefficient (Wildman–Crippen LogP) is 3.43. The minimum absolute atomic E-state index is 0.0511. The number of furan rings is 1. The second kappa shape index (κ2) is 8.38. The number of anilines is 1. The number of nitro benzene ring substituents is 1. The van der Waals surface area contributed by atoms with Crippen LogP contribution in [0.2, 0.25) is 0 Å². The molecule has 1 amide bonds. The molecule has 150 valence electrons. The molecule has 2 heterocycles. The van der Waals surface area contributed by atoms with Gasteiger partial charge in [-0.3, -0.25) is 14.9 Å². The highest BCUT2D eigenvalue weighted by Crippen LogP contribution is 2.24. The van der Waals surface area contributed by atoms with Gasteiger partial charge in [0.2, 0.25) is 5.76 Å². The summed E-state index contributed by atoms with van der Waals surface area (Å²) in [6.45, 7) is 3.35. The number of esters is 1. The molecule has 0 fully saturated rings. The van der Waals surface area contributed by atoms with E-state index in [2.05, 4.69) is 10.4 Å². The number of carbonyl (C=O) groups is 2. The Morgan fingerprint density at radius 2 is 1.93 bits per heavy atom. The maximum absolute atomic E-state index is 12.1. The number of rotatable bonds is 7. The molecule has 0 saturated heterocycles. The van der Waals surface area contributed by atoms with Gasteiger partial charge < -0.3 is 14.5 Å². The maximum atomic E-state index is 12.1. The Morgan fingerprint density at radius 1 is 1.21 bits per heavy atom. The molecular formula is C19H18N4O6. The summed E-state index contributed by atoms with van der Waals surface area (Å²) in [4.78, 5) is 34.3. The molecule has 0 aliphatic heterocycles. The molecule has 0 unspecified atom stereocenters. The lowest BCUT2D eigenvalue weighted by Gasteiger charge is -2.11. The Hall–Kier alpha value is -3.95. The van der Waals surface area contributed by atoms with Crippen molar-refractivity contribution in [2.45, 2.75) is 19.9 Å². The van der Waals surface area contributed by atoms with Gasteiger partial charge in [0.25, 0.3) is 11.6 Å². The van der Waals surface area contributed by atoms with Crippen LogP contribution in [-0.2, 0) is 9.53 Å². The van der Waals surface area contributed by atoms with Crippen LogP contribution in [-0.4, -0.2) is 33.2 Å². The van der Waals surface area contributed by atoms with E-state index in [0.29, 0.717) is 17.1 Å². The molecule has 10 nitrogen and oxygen atoms in total.